The van der Waals surface area contributed by atoms with E-state index in [2.05, 4.69) is 45.9 Å². The molecule has 3 N–H and O–H groups in total. The molecule has 2 aromatic heterocycles. The van der Waals surface area contributed by atoms with Crippen molar-refractivity contribution in [2.24, 2.45) is 0 Å². The van der Waals surface area contributed by atoms with Crippen molar-refractivity contribution in [2.45, 2.75) is 38.5 Å². The fourth-order valence-electron chi connectivity index (χ4n) is 7.45. The van der Waals surface area contributed by atoms with Gasteiger partial charge in [0.05, 0.1) is 55.7 Å². The minimum Gasteiger partial charge on any atom is -0.494 e. The first-order chi connectivity index (χ1) is 30.7. The van der Waals surface area contributed by atoms with Crippen molar-refractivity contribution >= 4 is 108 Å². The number of benzene rings is 4. The Balaban J connectivity index is 0.000000197. The first-order valence-corrected chi connectivity index (χ1v) is 24.2. The van der Waals surface area contributed by atoms with E-state index in [1.54, 1.807) is 0 Å². The average Bonchev–Trinajstić information content (AvgIpc) is 3.71. The molecular weight excluding hydrogens is 982 g/mol. The number of hydrogen-bond acceptors (Lipinski definition) is 8. The third-order valence-electron chi connectivity index (χ3n) is 10.8. The quantitative estimate of drug-likeness (QED) is 0.0776. The lowest BCUT2D eigenvalue weighted by molar-refractivity contribution is 0.261. The molecule has 344 valence electrons. The first kappa shape index (κ1) is 51.3. The van der Waals surface area contributed by atoms with Crippen LogP contribution in [-0.4, -0.2) is 92.3 Å². The smallest absolute Gasteiger partial charge is 0.248 e. The Labute approximate surface area is 410 Å². The third-order valence-corrected chi connectivity index (χ3v) is 13.0. The van der Waals surface area contributed by atoms with Gasteiger partial charge in [0.25, 0.3) is 0 Å². The maximum absolute atomic E-state index is 11.5. The number of hydrogen-bond donors (Lipinski definition) is 3. The zero-order valence-corrected chi connectivity index (χ0v) is 41.2. The van der Waals surface area contributed by atoms with Crippen LogP contribution in [0.4, 0.5) is 11.4 Å². The Kier molecular flexibility index (Phi) is 21.7. The van der Waals surface area contributed by atoms with Gasteiger partial charge in [-0.2, -0.15) is 0 Å². The van der Waals surface area contributed by atoms with E-state index in [-0.39, 0.29) is 23.5 Å². The van der Waals surface area contributed by atoms with Gasteiger partial charge in [0.15, 0.2) is 0 Å². The molecule has 0 atom stereocenters. The second-order valence-electron chi connectivity index (χ2n) is 15.4. The van der Waals surface area contributed by atoms with Crippen molar-refractivity contribution in [2.75, 3.05) is 87.2 Å². The van der Waals surface area contributed by atoms with E-state index in [0.717, 1.165) is 147 Å². The van der Waals surface area contributed by atoms with Gasteiger partial charge in [-0.05, 0) is 130 Å². The number of fused-ring (bicyclic) bond motifs is 2. The number of aromatic nitrogens is 2. The summed E-state index contributed by atoms with van der Waals surface area (Å²) in [4.78, 5) is 35.4. The highest BCUT2D eigenvalue weighted by atomic mass is 79.9. The number of aromatic amines is 2. The second-order valence-corrected chi connectivity index (χ2v) is 17.7. The molecule has 2 aliphatic rings. The van der Waals surface area contributed by atoms with E-state index in [0.29, 0.717) is 33.3 Å². The number of pyridine rings is 2. The molecule has 8 rings (SSSR count). The first-order valence-electron chi connectivity index (χ1n) is 21.6. The maximum atomic E-state index is 11.5. The highest BCUT2D eigenvalue weighted by Crippen LogP contribution is 2.34. The fourth-order valence-corrected chi connectivity index (χ4v) is 8.67. The summed E-state index contributed by atoms with van der Waals surface area (Å²) >= 11 is 28.2. The molecule has 10 nitrogen and oxygen atoms in total. The summed E-state index contributed by atoms with van der Waals surface area (Å²) in [5.41, 5.74) is 3.51. The number of nitrogens with one attached hydrogen (secondary N) is 3. The van der Waals surface area contributed by atoms with Crippen molar-refractivity contribution < 1.29 is 9.47 Å². The van der Waals surface area contributed by atoms with Crippen LogP contribution in [0.5, 0.6) is 11.5 Å². The van der Waals surface area contributed by atoms with Gasteiger partial charge >= 0.3 is 0 Å². The topological polar surface area (TPSA) is 106 Å². The van der Waals surface area contributed by atoms with E-state index in [1.165, 1.54) is 12.1 Å². The van der Waals surface area contributed by atoms with Crippen LogP contribution < -0.4 is 35.7 Å². The number of ether oxygens (including phenoxy) is 2. The molecule has 64 heavy (non-hydrogen) atoms. The molecule has 4 heterocycles. The molecule has 0 spiro atoms. The standard InChI is InChI=1S/C24H27Cl2N3O2.C13H14BrNO2.C11H14Cl2N2.ClH/c25-20-5-3-6-22(24(20)26)29-13-4-12-28(14-15-29)11-1-2-16-31-19-9-7-18-8-10-23(30)27-21(18)17-19;14-7-1-2-8-17-11-5-3-10-4-6-13(16)15-12(10)9-11;12-9-3-1-4-10(11(9)13)15-7-2-5-14-6-8-15;/h3,5-10,17H,1-2,4,11-16H2,(H,27,30);3-6,9H,1-2,7-8H2,(H,15,16);1,3-4,14H,2,5-8H2;1H. The largest absolute Gasteiger partial charge is 0.494 e. The number of rotatable bonds is 13. The zero-order chi connectivity index (χ0) is 44.4. The van der Waals surface area contributed by atoms with Crippen LogP contribution in [0.15, 0.2) is 107 Å². The van der Waals surface area contributed by atoms with Gasteiger partial charge in [-0.3, -0.25) is 9.59 Å². The predicted octanol–water partition coefficient (Wildman–Crippen LogP) is 11.5. The summed E-state index contributed by atoms with van der Waals surface area (Å²) in [5, 5.41) is 8.93. The number of halogens is 6. The van der Waals surface area contributed by atoms with Crippen molar-refractivity contribution in [1.29, 1.82) is 0 Å². The summed E-state index contributed by atoms with van der Waals surface area (Å²) < 4.78 is 11.5. The third kappa shape index (κ3) is 15.8. The predicted molar refractivity (Wildman–Crippen MR) is 276 cm³/mol. The van der Waals surface area contributed by atoms with Crippen LogP contribution in [0.2, 0.25) is 20.1 Å². The van der Waals surface area contributed by atoms with Crippen LogP contribution in [0.1, 0.15) is 38.5 Å². The lowest BCUT2D eigenvalue weighted by Crippen LogP contribution is -2.31. The number of alkyl halides is 1. The molecule has 0 aliphatic carbocycles. The van der Waals surface area contributed by atoms with Crippen molar-refractivity contribution in [1.82, 2.24) is 20.2 Å². The Hall–Kier alpha value is -3.65. The molecule has 2 saturated heterocycles. The van der Waals surface area contributed by atoms with Crippen molar-refractivity contribution in [3.05, 3.63) is 138 Å². The summed E-state index contributed by atoms with van der Waals surface area (Å²) in [6.07, 6.45) is 6.45. The van der Waals surface area contributed by atoms with Crippen LogP contribution in [0.3, 0.4) is 0 Å². The number of anilines is 2. The molecule has 2 fully saturated rings. The molecule has 6 aromatic rings. The Morgan fingerprint density at radius 1 is 0.562 bits per heavy atom. The number of nitrogens with zero attached hydrogens (tertiary/aromatic N) is 3. The number of unbranched alkanes of at least 4 members (excludes halogenated alkanes) is 2. The highest BCUT2D eigenvalue weighted by molar-refractivity contribution is 9.09. The van der Waals surface area contributed by atoms with E-state index < -0.39 is 0 Å². The molecule has 4 aromatic carbocycles. The molecular formula is C48H56BrCl5N6O4. The van der Waals surface area contributed by atoms with Gasteiger partial charge in [-0.1, -0.05) is 74.5 Å². The Morgan fingerprint density at radius 3 is 1.67 bits per heavy atom. The Morgan fingerprint density at radius 2 is 1.09 bits per heavy atom. The van der Waals surface area contributed by atoms with E-state index in [9.17, 15) is 9.59 Å². The van der Waals surface area contributed by atoms with Gasteiger partial charge in [0.1, 0.15) is 11.5 Å². The molecule has 0 saturated carbocycles. The molecule has 16 heteroatoms. The molecule has 0 bridgehead atoms. The normalized spacial score (nSPS) is 14.3. The fraction of sp³-hybridized carbons (Fsp3) is 0.375. The van der Waals surface area contributed by atoms with Gasteiger partial charge in [-0.25, -0.2) is 0 Å². The second kappa shape index (κ2) is 27.1. The van der Waals surface area contributed by atoms with Gasteiger partial charge in [0, 0.05) is 68.9 Å². The number of H-pyrrole nitrogens is 2. The minimum absolute atomic E-state index is 0. The van der Waals surface area contributed by atoms with E-state index in [1.807, 2.05) is 84.9 Å². The zero-order valence-electron chi connectivity index (χ0n) is 35.7. The maximum Gasteiger partial charge on any atom is 0.248 e. The molecule has 0 unspecified atom stereocenters. The molecule has 0 amide bonds. The SMILES string of the molecule is Cl.Clc1cccc(N2CCCNCC2)c1Cl.O=c1ccc2ccc(OCCCCBr)cc2[nH]1.O=c1ccc2ccc(OCCCCN3CCCN(c4cccc(Cl)c4Cl)CC3)cc2[nH]1. The summed E-state index contributed by atoms with van der Waals surface area (Å²) in [6.45, 7) is 10.6. The lowest BCUT2D eigenvalue weighted by Gasteiger charge is -2.25. The van der Waals surface area contributed by atoms with Gasteiger partial charge in [-0.15, -0.1) is 12.4 Å². The highest BCUT2D eigenvalue weighted by Gasteiger charge is 2.18. The van der Waals surface area contributed by atoms with E-state index in [4.69, 9.17) is 55.9 Å². The van der Waals surface area contributed by atoms with Crippen LogP contribution >= 0.6 is 74.7 Å². The molecule has 2 aliphatic heterocycles. The van der Waals surface area contributed by atoms with Crippen molar-refractivity contribution in [3.8, 4) is 11.5 Å². The van der Waals surface area contributed by atoms with Crippen LogP contribution in [-0.2, 0) is 0 Å². The minimum atomic E-state index is -0.0988. The van der Waals surface area contributed by atoms with Crippen LogP contribution in [0.25, 0.3) is 21.8 Å². The molecule has 0 radical (unpaired) electrons. The van der Waals surface area contributed by atoms with Crippen molar-refractivity contribution in [3.63, 3.8) is 0 Å². The monoisotopic (exact) mass is 1030 g/mol. The van der Waals surface area contributed by atoms with E-state index >= 15 is 0 Å². The summed E-state index contributed by atoms with van der Waals surface area (Å²) in [5.74, 6) is 1.59. The Bertz CT molecular complexity index is 2480. The lowest BCUT2D eigenvalue weighted by atomic mass is 10.2. The summed E-state index contributed by atoms with van der Waals surface area (Å²) in [7, 11) is 0. The average molecular weight is 1040 g/mol. The van der Waals surface area contributed by atoms with Gasteiger partial charge < -0.3 is 39.5 Å². The van der Waals surface area contributed by atoms with Gasteiger partial charge in [0.2, 0.25) is 11.1 Å². The summed E-state index contributed by atoms with van der Waals surface area (Å²) in [6, 6.07) is 29.9. The van der Waals surface area contributed by atoms with Crippen LogP contribution in [0, 0.1) is 0 Å².